The summed E-state index contributed by atoms with van der Waals surface area (Å²) in [6.07, 6.45) is 19.6. The maximum absolute atomic E-state index is 11.1. The van der Waals surface area contributed by atoms with E-state index in [0.29, 0.717) is 11.3 Å². The Balaban J connectivity index is 2.09. The van der Waals surface area contributed by atoms with Gasteiger partial charge in [0.25, 0.3) is 0 Å². The Morgan fingerprint density at radius 1 is 0.676 bits per heavy atom. The Labute approximate surface area is 208 Å². The summed E-state index contributed by atoms with van der Waals surface area (Å²) in [5.41, 5.74) is 4.13. The van der Waals surface area contributed by atoms with Gasteiger partial charge in [-0.15, -0.1) is 0 Å². The van der Waals surface area contributed by atoms with E-state index in [1.54, 1.807) is 0 Å². The maximum Gasteiger partial charge on any atom is 0.128 e. The average molecular weight is 466 g/mol. The number of rotatable bonds is 18. The monoisotopic (exact) mass is 465 g/mol. The fourth-order valence-electron chi connectivity index (χ4n) is 4.70. The van der Waals surface area contributed by atoms with E-state index in [-0.39, 0.29) is 5.75 Å². The predicted octanol–water partition coefficient (Wildman–Crippen LogP) is 9.21. The Hall–Kier alpha value is -2.29. The summed E-state index contributed by atoms with van der Waals surface area (Å²) in [5.74, 6) is 0.269. The summed E-state index contributed by atoms with van der Waals surface area (Å²) in [5, 5.41) is 24.6. The zero-order chi connectivity index (χ0) is 24.4. The van der Waals surface area contributed by atoms with E-state index < -0.39 is 0 Å². The summed E-state index contributed by atoms with van der Waals surface area (Å²) < 4.78 is 0. The minimum atomic E-state index is 0.269. The van der Waals surface area contributed by atoms with Crippen LogP contribution in [-0.2, 0) is 12.8 Å². The van der Waals surface area contributed by atoms with Gasteiger partial charge in [0.05, 0.1) is 0 Å². The smallest absolute Gasteiger partial charge is 0.128 e. The van der Waals surface area contributed by atoms with E-state index >= 15 is 0 Å². The Kier molecular flexibility index (Phi) is 14.1. The molecule has 0 aliphatic heterocycles. The first kappa shape index (κ1) is 28.0. The van der Waals surface area contributed by atoms with E-state index in [1.165, 1.54) is 82.6 Å². The van der Waals surface area contributed by atoms with Gasteiger partial charge in [0.1, 0.15) is 11.5 Å². The highest BCUT2D eigenvalue weighted by molar-refractivity contribution is 6.14. The molecule has 0 unspecified atom stereocenters. The molecule has 0 aliphatic rings. The normalized spacial score (nSPS) is 11.8. The molecule has 34 heavy (non-hydrogen) atoms. The number of hydrogen-bond acceptors (Lipinski definition) is 3. The van der Waals surface area contributed by atoms with Crippen LogP contribution in [-0.4, -0.2) is 16.0 Å². The molecule has 0 amide bonds. The summed E-state index contributed by atoms with van der Waals surface area (Å²) in [7, 11) is 0. The molecule has 0 spiro atoms. The van der Waals surface area contributed by atoms with Crippen molar-refractivity contribution < 1.29 is 10.3 Å². The minimum Gasteiger partial charge on any atom is -0.507 e. The van der Waals surface area contributed by atoms with Crippen molar-refractivity contribution in [3.05, 3.63) is 64.7 Å². The average Bonchev–Trinajstić information content (AvgIpc) is 2.86. The molecule has 0 saturated carbocycles. The van der Waals surface area contributed by atoms with Gasteiger partial charge in [-0.05, 0) is 42.9 Å². The van der Waals surface area contributed by atoms with Crippen molar-refractivity contribution in [3.63, 3.8) is 0 Å². The number of hydrogen-bond donors (Lipinski definition) is 2. The topological polar surface area (TPSA) is 52.8 Å². The molecule has 3 nitrogen and oxygen atoms in total. The zero-order valence-corrected chi connectivity index (χ0v) is 21.7. The fourth-order valence-corrected chi connectivity index (χ4v) is 4.70. The van der Waals surface area contributed by atoms with Crippen LogP contribution in [0.5, 0.6) is 5.75 Å². The first-order valence-corrected chi connectivity index (χ1v) is 13.8. The number of aromatic hydroxyl groups is 1. The lowest BCUT2D eigenvalue weighted by Gasteiger charge is -2.15. The third kappa shape index (κ3) is 9.91. The molecule has 3 heteroatoms. The van der Waals surface area contributed by atoms with Crippen molar-refractivity contribution in [2.45, 2.75) is 117 Å². The highest BCUT2D eigenvalue weighted by atomic mass is 16.4. The van der Waals surface area contributed by atoms with E-state index in [1.807, 2.05) is 36.4 Å². The van der Waals surface area contributed by atoms with Gasteiger partial charge in [-0.3, -0.25) is 0 Å². The lowest BCUT2D eigenvalue weighted by Crippen LogP contribution is -2.07. The first-order valence-electron chi connectivity index (χ1n) is 13.8. The fraction of sp³-hybridized carbons (Fsp3) is 0.581. The van der Waals surface area contributed by atoms with Crippen molar-refractivity contribution in [1.82, 2.24) is 0 Å². The van der Waals surface area contributed by atoms with Crippen molar-refractivity contribution in [1.29, 1.82) is 0 Å². The molecule has 188 valence electrons. The molecule has 2 rings (SSSR count). The first-order chi connectivity index (χ1) is 16.7. The number of oxime groups is 1. The number of phenolic OH excluding ortho intramolecular Hbond substituents is 1. The summed E-state index contributed by atoms with van der Waals surface area (Å²) in [4.78, 5) is 0. The largest absolute Gasteiger partial charge is 0.507 e. The Bertz CT molecular complexity index is 829. The lowest BCUT2D eigenvalue weighted by atomic mass is 9.92. The second-order valence-corrected chi connectivity index (χ2v) is 9.71. The maximum atomic E-state index is 11.1. The summed E-state index contributed by atoms with van der Waals surface area (Å²) in [6.45, 7) is 4.51. The summed E-state index contributed by atoms with van der Waals surface area (Å²) in [6, 6.07) is 13.9. The van der Waals surface area contributed by atoms with Gasteiger partial charge in [-0.1, -0.05) is 132 Å². The molecule has 0 aliphatic carbocycles. The molecular formula is C31H47NO2. The molecule has 0 bridgehead atoms. The van der Waals surface area contributed by atoms with Gasteiger partial charge in [-0.2, -0.15) is 0 Å². The van der Waals surface area contributed by atoms with E-state index in [2.05, 4.69) is 25.1 Å². The molecule has 0 atom stereocenters. The van der Waals surface area contributed by atoms with Crippen LogP contribution in [0.15, 0.2) is 47.6 Å². The number of aryl methyl sites for hydroxylation is 2. The van der Waals surface area contributed by atoms with E-state index in [9.17, 15) is 10.3 Å². The predicted molar refractivity (Wildman–Crippen MR) is 145 cm³/mol. The van der Waals surface area contributed by atoms with Crippen molar-refractivity contribution >= 4 is 5.71 Å². The standard InChI is InChI=1S/C31H47NO2/c1-3-5-7-9-11-13-16-20-26-24-28(23-17-14-12-10-8-6-4-2)31(33)29(25-26)30(32-34)27-21-18-15-19-22-27/h15,18-19,21-22,24-25,33-34H,3-14,16-17,20,23H2,1-2H3. The zero-order valence-electron chi connectivity index (χ0n) is 21.7. The van der Waals surface area contributed by atoms with E-state index in [4.69, 9.17) is 0 Å². The van der Waals surface area contributed by atoms with Gasteiger partial charge < -0.3 is 10.3 Å². The number of unbranched alkanes of at least 4 members (excludes halogenated alkanes) is 12. The van der Waals surface area contributed by atoms with Crippen LogP contribution < -0.4 is 0 Å². The summed E-state index contributed by atoms with van der Waals surface area (Å²) >= 11 is 0. The van der Waals surface area contributed by atoms with Gasteiger partial charge in [0.15, 0.2) is 0 Å². The molecule has 2 aromatic carbocycles. The Morgan fingerprint density at radius 2 is 1.21 bits per heavy atom. The molecule has 0 fully saturated rings. The van der Waals surface area contributed by atoms with Crippen molar-refractivity contribution in [3.8, 4) is 5.75 Å². The van der Waals surface area contributed by atoms with Gasteiger partial charge in [-0.25, -0.2) is 0 Å². The van der Waals surface area contributed by atoms with Crippen molar-refractivity contribution in [2.75, 3.05) is 0 Å². The van der Waals surface area contributed by atoms with E-state index in [0.717, 1.165) is 36.8 Å². The molecule has 0 heterocycles. The van der Waals surface area contributed by atoms with Crippen LogP contribution in [0, 0.1) is 0 Å². The number of nitrogens with zero attached hydrogens (tertiary/aromatic N) is 1. The van der Waals surface area contributed by atoms with Crippen LogP contribution in [0.4, 0.5) is 0 Å². The molecule has 2 aromatic rings. The van der Waals surface area contributed by atoms with Crippen LogP contribution in [0.2, 0.25) is 0 Å². The van der Waals surface area contributed by atoms with Gasteiger partial charge in [0.2, 0.25) is 0 Å². The highest BCUT2D eigenvalue weighted by Gasteiger charge is 2.17. The second kappa shape index (κ2) is 17.2. The van der Waals surface area contributed by atoms with Crippen LogP contribution in [0.25, 0.3) is 0 Å². The van der Waals surface area contributed by atoms with Crippen LogP contribution in [0.3, 0.4) is 0 Å². The molecule has 0 radical (unpaired) electrons. The molecular weight excluding hydrogens is 418 g/mol. The molecule has 0 aromatic heterocycles. The van der Waals surface area contributed by atoms with Gasteiger partial charge in [0, 0.05) is 11.1 Å². The molecule has 2 N–H and O–H groups in total. The number of benzene rings is 2. The quantitative estimate of drug-likeness (QED) is 0.0997. The third-order valence-electron chi connectivity index (χ3n) is 6.77. The number of phenols is 1. The molecule has 0 saturated heterocycles. The lowest BCUT2D eigenvalue weighted by molar-refractivity contribution is 0.319. The minimum absolute atomic E-state index is 0.269. The third-order valence-corrected chi connectivity index (χ3v) is 6.77. The van der Waals surface area contributed by atoms with Gasteiger partial charge >= 0.3 is 0 Å². The second-order valence-electron chi connectivity index (χ2n) is 9.71. The van der Waals surface area contributed by atoms with Crippen LogP contribution in [0.1, 0.15) is 126 Å². The van der Waals surface area contributed by atoms with Crippen molar-refractivity contribution in [2.24, 2.45) is 5.16 Å². The Morgan fingerprint density at radius 3 is 1.76 bits per heavy atom. The van der Waals surface area contributed by atoms with Crippen LogP contribution >= 0.6 is 0 Å². The highest BCUT2D eigenvalue weighted by Crippen LogP contribution is 2.30. The SMILES string of the molecule is CCCCCCCCCc1cc(CCCCCCCCC)c(O)c(C(=NO)c2ccccc2)c1.